The van der Waals surface area contributed by atoms with Crippen LogP contribution in [0.5, 0.6) is 0 Å². The highest BCUT2D eigenvalue weighted by Crippen LogP contribution is 2.26. The Labute approximate surface area is 126 Å². The van der Waals surface area contributed by atoms with Crippen LogP contribution in [0.2, 0.25) is 10.0 Å². The molecule has 0 aliphatic heterocycles. The standard InChI is InChI=1S/C14H12Cl2N2O2/c15-12-5-2-1-4-10(12)8-17-9-11-13(16)6-3-7-14(11)18(19)20/h1-7,17H,8-9H2. The molecule has 0 spiro atoms. The van der Waals surface area contributed by atoms with E-state index in [1.807, 2.05) is 18.2 Å². The summed E-state index contributed by atoms with van der Waals surface area (Å²) in [6, 6.07) is 12.1. The molecule has 0 aromatic heterocycles. The lowest BCUT2D eigenvalue weighted by atomic mass is 10.1. The Kier molecular flexibility index (Phi) is 4.95. The smallest absolute Gasteiger partial charge is 0.275 e. The van der Waals surface area contributed by atoms with Crippen molar-refractivity contribution in [3.63, 3.8) is 0 Å². The summed E-state index contributed by atoms with van der Waals surface area (Å²) in [5.74, 6) is 0. The SMILES string of the molecule is O=[N+]([O-])c1cccc(Cl)c1CNCc1ccccc1Cl. The molecule has 0 aliphatic rings. The molecule has 0 radical (unpaired) electrons. The Hall–Kier alpha value is -1.62. The van der Waals surface area contributed by atoms with E-state index in [1.54, 1.807) is 18.2 Å². The van der Waals surface area contributed by atoms with Crippen LogP contribution < -0.4 is 5.32 Å². The van der Waals surface area contributed by atoms with E-state index in [9.17, 15) is 10.1 Å². The average molecular weight is 311 g/mol. The monoisotopic (exact) mass is 310 g/mol. The number of nitro benzene ring substituents is 1. The van der Waals surface area contributed by atoms with Crippen LogP contribution in [0.25, 0.3) is 0 Å². The maximum Gasteiger partial charge on any atom is 0.275 e. The molecule has 20 heavy (non-hydrogen) atoms. The highest BCUT2D eigenvalue weighted by atomic mass is 35.5. The second kappa shape index (κ2) is 6.70. The van der Waals surface area contributed by atoms with Gasteiger partial charge < -0.3 is 5.32 Å². The first-order valence-electron chi connectivity index (χ1n) is 5.95. The number of nitrogens with one attached hydrogen (secondary N) is 1. The van der Waals surface area contributed by atoms with Crippen LogP contribution in [0.3, 0.4) is 0 Å². The van der Waals surface area contributed by atoms with Gasteiger partial charge in [0, 0.05) is 24.2 Å². The molecule has 0 saturated carbocycles. The maximum absolute atomic E-state index is 11.0. The lowest BCUT2D eigenvalue weighted by Gasteiger charge is -2.08. The van der Waals surface area contributed by atoms with Crippen molar-refractivity contribution >= 4 is 28.9 Å². The zero-order chi connectivity index (χ0) is 14.5. The lowest BCUT2D eigenvalue weighted by Crippen LogP contribution is -2.14. The zero-order valence-electron chi connectivity index (χ0n) is 10.5. The fourth-order valence-corrected chi connectivity index (χ4v) is 2.30. The van der Waals surface area contributed by atoms with E-state index in [2.05, 4.69) is 5.32 Å². The van der Waals surface area contributed by atoms with Crippen molar-refractivity contribution < 1.29 is 4.92 Å². The molecule has 0 atom stereocenters. The third-order valence-corrected chi connectivity index (χ3v) is 3.59. The number of benzene rings is 2. The van der Waals surface area contributed by atoms with Crippen molar-refractivity contribution in [1.29, 1.82) is 0 Å². The summed E-state index contributed by atoms with van der Waals surface area (Å²) in [6.07, 6.45) is 0. The number of hydrogen-bond donors (Lipinski definition) is 1. The lowest BCUT2D eigenvalue weighted by molar-refractivity contribution is -0.385. The van der Waals surface area contributed by atoms with Crippen LogP contribution in [0.1, 0.15) is 11.1 Å². The molecule has 104 valence electrons. The van der Waals surface area contributed by atoms with Gasteiger partial charge in [0.2, 0.25) is 0 Å². The van der Waals surface area contributed by atoms with Gasteiger partial charge in [-0.05, 0) is 17.7 Å². The molecule has 6 heteroatoms. The Bertz CT molecular complexity index is 632. The average Bonchev–Trinajstić information content (AvgIpc) is 2.42. The van der Waals surface area contributed by atoms with Gasteiger partial charge >= 0.3 is 0 Å². The van der Waals surface area contributed by atoms with Crippen LogP contribution >= 0.6 is 23.2 Å². The molecule has 0 saturated heterocycles. The number of nitrogens with zero attached hydrogens (tertiary/aromatic N) is 1. The van der Waals surface area contributed by atoms with E-state index in [1.165, 1.54) is 6.07 Å². The van der Waals surface area contributed by atoms with Gasteiger partial charge in [-0.3, -0.25) is 10.1 Å². The summed E-state index contributed by atoms with van der Waals surface area (Å²) in [5, 5.41) is 15.1. The number of halogens is 2. The largest absolute Gasteiger partial charge is 0.308 e. The Morgan fingerprint density at radius 1 is 1.00 bits per heavy atom. The summed E-state index contributed by atoms with van der Waals surface area (Å²) in [4.78, 5) is 10.5. The van der Waals surface area contributed by atoms with E-state index < -0.39 is 4.92 Å². The number of nitro groups is 1. The van der Waals surface area contributed by atoms with Crippen molar-refractivity contribution in [3.05, 3.63) is 73.8 Å². The second-order valence-corrected chi connectivity index (χ2v) is 5.00. The molecule has 0 amide bonds. The Morgan fingerprint density at radius 3 is 2.40 bits per heavy atom. The minimum Gasteiger partial charge on any atom is -0.308 e. The minimum atomic E-state index is -0.432. The number of rotatable bonds is 5. The predicted molar refractivity (Wildman–Crippen MR) is 80.1 cm³/mol. The van der Waals surface area contributed by atoms with Crippen LogP contribution in [-0.4, -0.2) is 4.92 Å². The normalized spacial score (nSPS) is 10.5. The van der Waals surface area contributed by atoms with Crippen LogP contribution in [0.4, 0.5) is 5.69 Å². The molecule has 0 heterocycles. The molecule has 2 aromatic carbocycles. The third-order valence-electron chi connectivity index (χ3n) is 2.87. The van der Waals surface area contributed by atoms with Gasteiger partial charge in [0.1, 0.15) is 0 Å². The molecule has 0 bridgehead atoms. The highest BCUT2D eigenvalue weighted by Gasteiger charge is 2.15. The molecule has 0 aliphatic carbocycles. The Balaban J connectivity index is 2.08. The third kappa shape index (κ3) is 3.48. The van der Waals surface area contributed by atoms with Crippen molar-refractivity contribution in [1.82, 2.24) is 5.32 Å². The first-order valence-corrected chi connectivity index (χ1v) is 6.71. The first kappa shape index (κ1) is 14.8. The van der Waals surface area contributed by atoms with Crippen molar-refractivity contribution in [2.45, 2.75) is 13.1 Å². The Morgan fingerprint density at radius 2 is 1.70 bits per heavy atom. The maximum atomic E-state index is 11.0. The zero-order valence-corrected chi connectivity index (χ0v) is 12.0. The van der Waals surface area contributed by atoms with Crippen LogP contribution in [0.15, 0.2) is 42.5 Å². The van der Waals surface area contributed by atoms with E-state index in [0.29, 0.717) is 28.7 Å². The fraction of sp³-hybridized carbons (Fsp3) is 0.143. The van der Waals surface area contributed by atoms with Gasteiger partial charge in [-0.2, -0.15) is 0 Å². The van der Waals surface area contributed by atoms with Crippen LogP contribution in [0, 0.1) is 10.1 Å². The molecular weight excluding hydrogens is 299 g/mol. The molecular formula is C14H12Cl2N2O2. The van der Waals surface area contributed by atoms with Gasteiger partial charge in [0.05, 0.1) is 15.5 Å². The van der Waals surface area contributed by atoms with Crippen molar-refractivity contribution in [2.75, 3.05) is 0 Å². The van der Waals surface area contributed by atoms with E-state index in [4.69, 9.17) is 23.2 Å². The topological polar surface area (TPSA) is 55.2 Å². The van der Waals surface area contributed by atoms with E-state index in [-0.39, 0.29) is 5.69 Å². The summed E-state index contributed by atoms with van der Waals surface area (Å²) < 4.78 is 0. The number of hydrogen-bond acceptors (Lipinski definition) is 3. The highest BCUT2D eigenvalue weighted by molar-refractivity contribution is 6.31. The minimum absolute atomic E-state index is 0.0177. The predicted octanol–water partition coefficient (Wildman–Crippen LogP) is 4.19. The summed E-state index contributed by atoms with van der Waals surface area (Å²) in [5.41, 5.74) is 1.43. The van der Waals surface area contributed by atoms with Gasteiger partial charge in [-0.15, -0.1) is 0 Å². The van der Waals surface area contributed by atoms with Gasteiger partial charge in [0.25, 0.3) is 5.69 Å². The molecule has 2 rings (SSSR count). The van der Waals surface area contributed by atoms with Crippen molar-refractivity contribution in [3.8, 4) is 0 Å². The molecule has 0 unspecified atom stereocenters. The van der Waals surface area contributed by atoms with Crippen LogP contribution in [-0.2, 0) is 13.1 Å². The molecule has 2 aromatic rings. The van der Waals surface area contributed by atoms with Gasteiger partial charge in [-0.1, -0.05) is 47.5 Å². The van der Waals surface area contributed by atoms with E-state index >= 15 is 0 Å². The quantitative estimate of drug-likeness (QED) is 0.665. The van der Waals surface area contributed by atoms with Gasteiger partial charge in [0.15, 0.2) is 0 Å². The van der Waals surface area contributed by atoms with E-state index in [0.717, 1.165) is 5.56 Å². The summed E-state index contributed by atoms with van der Waals surface area (Å²) in [6.45, 7) is 0.823. The second-order valence-electron chi connectivity index (χ2n) is 4.19. The molecule has 0 fully saturated rings. The summed E-state index contributed by atoms with van der Waals surface area (Å²) >= 11 is 12.1. The fourth-order valence-electron chi connectivity index (χ4n) is 1.86. The van der Waals surface area contributed by atoms with Gasteiger partial charge in [-0.25, -0.2) is 0 Å². The van der Waals surface area contributed by atoms with Crippen molar-refractivity contribution in [2.24, 2.45) is 0 Å². The molecule has 1 N–H and O–H groups in total. The molecule has 4 nitrogen and oxygen atoms in total. The first-order chi connectivity index (χ1) is 9.59. The summed E-state index contributed by atoms with van der Waals surface area (Å²) in [7, 11) is 0.